The van der Waals surface area contributed by atoms with Crippen LogP contribution in [0.1, 0.15) is 17.3 Å². The molecule has 1 aromatic heterocycles. The van der Waals surface area contributed by atoms with Gasteiger partial charge in [-0.1, -0.05) is 23.7 Å². The minimum atomic E-state index is -0.437. The molecule has 2 nitrogen and oxygen atoms in total. The van der Waals surface area contributed by atoms with Crippen molar-refractivity contribution in [2.75, 3.05) is 0 Å². The summed E-state index contributed by atoms with van der Waals surface area (Å²) in [6, 6.07) is 9.19. The number of hydrogen-bond donors (Lipinski definition) is 1. The van der Waals surface area contributed by atoms with Crippen molar-refractivity contribution in [3.05, 3.63) is 64.7 Å². The Labute approximate surface area is 97.9 Å². The third-order valence-electron chi connectivity index (χ3n) is 2.28. The van der Waals surface area contributed by atoms with Crippen molar-refractivity contribution < 1.29 is 4.39 Å². The van der Waals surface area contributed by atoms with E-state index in [1.54, 1.807) is 24.3 Å². The van der Waals surface area contributed by atoms with Crippen LogP contribution in [0.2, 0.25) is 5.02 Å². The van der Waals surface area contributed by atoms with Crippen molar-refractivity contribution in [2.45, 2.75) is 6.04 Å². The maximum Gasteiger partial charge on any atom is 0.123 e. The molecule has 2 N–H and O–H groups in total. The molecule has 1 aromatic carbocycles. The minimum absolute atomic E-state index is 0.304. The highest BCUT2D eigenvalue weighted by atomic mass is 35.5. The van der Waals surface area contributed by atoms with Gasteiger partial charge in [-0.25, -0.2) is 4.39 Å². The summed E-state index contributed by atoms with van der Waals surface area (Å²) in [5.41, 5.74) is 7.31. The van der Waals surface area contributed by atoms with Crippen molar-refractivity contribution in [1.29, 1.82) is 0 Å². The van der Waals surface area contributed by atoms with Gasteiger partial charge in [-0.15, -0.1) is 0 Å². The van der Waals surface area contributed by atoms with Crippen LogP contribution >= 0.6 is 11.6 Å². The molecule has 0 spiro atoms. The maximum atomic E-state index is 13.0. The highest BCUT2D eigenvalue weighted by Crippen LogP contribution is 2.19. The second-order valence-corrected chi connectivity index (χ2v) is 3.87. The molecule has 1 heterocycles. The van der Waals surface area contributed by atoms with Crippen molar-refractivity contribution in [2.24, 2.45) is 5.73 Å². The van der Waals surface area contributed by atoms with Gasteiger partial charge in [0.15, 0.2) is 0 Å². The van der Waals surface area contributed by atoms with Crippen LogP contribution in [0, 0.1) is 5.82 Å². The molecule has 0 saturated carbocycles. The molecule has 0 radical (unpaired) electrons. The Hall–Kier alpha value is -1.45. The Morgan fingerprint density at radius 3 is 2.69 bits per heavy atom. The summed E-state index contributed by atoms with van der Waals surface area (Å²) >= 11 is 5.72. The molecule has 1 unspecified atom stereocenters. The van der Waals surface area contributed by atoms with E-state index in [-0.39, 0.29) is 5.82 Å². The topological polar surface area (TPSA) is 38.9 Å². The highest BCUT2D eigenvalue weighted by molar-refractivity contribution is 6.30. The van der Waals surface area contributed by atoms with E-state index in [1.807, 2.05) is 0 Å². The van der Waals surface area contributed by atoms with Crippen LogP contribution in [-0.4, -0.2) is 4.98 Å². The minimum Gasteiger partial charge on any atom is -0.319 e. The van der Waals surface area contributed by atoms with E-state index in [4.69, 9.17) is 17.3 Å². The van der Waals surface area contributed by atoms with Gasteiger partial charge in [0.2, 0.25) is 0 Å². The first-order chi connectivity index (χ1) is 7.66. The van der Waals surface area contributed by atoms with Crippen LogP contribution in [-0.2, 0) is 0 Å². The number of rotatable bonds is 2. The van der Waals surface area contributed by atoms with E-state index in [0.29, 0.717) is 16.3 Å². The average Bonchev–Trinajstić information content (AvgIpc) is 2.29. The number of nitrogens with two attached hydrogens (primary N) is 1. The fourth-order valence-electron chi connectivity index (χ4n) is 1.44. The fraction of sp³-hybridized carbons (Fsp3) is 0.0833. The molecule has 16 heavy (non-hydrogen) atoms. The SMILES string of the molecule is NC(c1cccc(F)c1)c1ccc(Cl)cn1. The van der Waals surface area contributed by atoms with Gasteiger partial charge in [0.1, 0.15) is 5.82 Å². The Balaban J connectivity index is 2.31. The lowest BCUT2D eigenvalue weighted by molar-refractivity contribution is 0.623. The van der Waals surface area contributed by atoms with Gasteiger partial charge in [0.25, 0.3) is 0 Å². The summed E-state index contributed by atoms with van der Waals surface area (Å²) < 4.78 is 13.0. The molecular formula is C12H10ClFN2. The second-order valence-electron chi connectivity index (χ2n) is 3.43. The molecule has 0 aliphatic rings. The quantitative estimate of drug-likeness (QED) is 0.871. The van der Waals surface area contributed by atoms with Gasteiger partial charge in [0.05, 0.1) is 16.8 Å². The average molecular weight is 237 g/mol. The second kappa shape index (κ2) is 4.60. The van der Waals surface area contributed by atoms with E-state index < -0.39 is 6.04 Å². The maximum absolute atomic E-state index is 13.0. The first-order valence-electron chi connectivity index (χ1n) is 4.79. The van der Waals surface area contributed by atoms with Crippen LogP contribution in [0.25, 0.3) is 0 Å². The Bertz CT molecular complexity index is 485. The number of benzene rings is 1. The number of aromatic nitrogens is 1. The molecule has 1 atom stereocenters. The van der Waals surface area contributed by atoms with E-state index in [9.17, 15) is 4.39 Å². The molecule has 0 aliphatic heterocycles. The monoisotopic (exact) mass is 236 g/mol. The van der Waals surface area contributed by atoms with E-state index in [0.717, 1.165) is 0 Å². The van der Waals surface area contributed by atoms with E-state index in [2.05, 4.69) is 4.98 Å². The van der Waals surface area contributed by atoms with Crippen molar-refractivity contribution in [1.82, 2.24) is 4.98 Å². The molecule has 2 aromatic rings. The lowest BCUT2D eigenvalue weighted by Crippen LogP contribution is -2.13. The molecule has 82 valence electrons. The molecule has 2 rings (SSSR count). The largest absolute Gasteiger partial charge is 0.319 e. The molecule has 0 fully saturated rings. The summed E-state index contributed by atoms with van der Waals surface area (Å²) in [7, 11) is 0. The summed E-state index contributed by atoms with van der Waals surface area (Å²) in [5, 5.41) is 0.551. The standard InChI is InChI=1S/C12H10ClFN2/c13-9-4-5-11(16-7-9)12(15)8-2-1-3-10(14)6-8/h1-7,12H,15H2. The molecule has 0 bridgehead atoms. The third kappa shape index (κ3) is 2.38. The lowest BCUT2D eigenvalue weighted by Gasteiger charge is -2.11. The number of halogens is 2. The zero-order valence-corrected chi connectivity index (χ0v) is 9.16. The van der Waals surface area contributed by atoms with E-state index >= 15 is 0 Å². The van der Waals surface area contributed by atoms with Crippen LogP contribution in [0.15, 0.2) is 42.6 Å². The zero-order valence-electron chi connectivity index (χ0n) is 8.40. The molecule has 0 saturated heterocycles. The van der Waals surface area contributed by atoms with Gasteiger partial charge in [0, 0.05) is 6.20 Å². The summed E-state index contributed by atoms with van der Waals surface area (Å²) in [5.74, 6) is -0.304. The van der Waals surface area contributed by atoms with Crippen LogP contribution in [0.3, 0.4) is 0 Å². The molecule has 4 heteroatoms. The Kier molecular flexibility index (Phi) is 3.17. The highest BCUT2D eigenvalue weighted by Gasteiger charge is 2.10. The molecular weight excluding hydrogens is 227 g/mol. The summed E-state index contributed by atoms with van der Waals surface area (Å²) in [6.45, 7) is 0. The van der Waals surface area contributed by atoms with Crippen LogP contribution in [0.4, 0.5) is 4.39 Å². The summed E-state index contributed by atoms with van der Waals surface area (Å²) in [6.07, 6.45) is 1.52. The predicted molar refractivity (Wildman–Crippen MR) is 61.7 cm³/mol. The van der Waals surface area contributed by atoms with Gasteiger partial charge in [-0.05, 0) is 29.8 Å². The van der Waals surface area contributed by atoms with Crippen molar-refractivity contribution in [3.8, 4) is 0 Å². The smallest absolute Gasteiger partial charge is 0.123 e. The van der Waals surface area contributed by atoms with Crippen molar-refractivity contribution >= 4 is 11.6 Å². The predicted octanol–water partition coefficient (Wildman–Crippen LogP) is 2.92. The Morgan fingerprint density at radius 2 is 2.06 bits per heavy atom. The van der Waals surface area contributed by atoms with Gasteiger partial charge in [-0.2, -0.15) is 0 Å². The fourth-order valence-corrected chi connectivity index (χ4v) is 1.55. The van der Waals surface area contributed by atoms with Crippen LogP contribution in [0.5, 0.6) is 0 Å². The molecule has 0 amide bonds. The van der Waals surface area contributed by atoms with Gasteiger partial charge < -0.3 is 5.73 Å². The lowest BCUT2D eigenvalue weighted by atomic mass is 10.0. The normalized spacial score (nSPS) is 12.4. The number of hydrogen-bond acceptors (Lipinski definition) is 2. The van der Waals surface area contributed by atoms with Gasteiger partial charge >= 0.3 is 0 Å². The zero-order chi connectivity index (χ0) is 11.5. The first kappa shape index (κ1) is 11.0. The van der Waals surface area contributed by atoms with E-state index in [1.165, 1.54) is 18.3 Å². The number of pyridine rings is 1. The Morgan fingerprint density at radius 1 is 1.25 bits per heavy atom. The number of nitrogens with zero attached hydrogens (tertiary/aromatic N) is 1. The van der Waals surface area contributed by atoms with Crippen LogP contribution < -0.4 is 5.73 Å². The van der Waals surface area contributed by atoms with Gasteiger partial charge in [-0.3, -0.25) is 4.98 Å². The molecule has 0 aliphatic carbocycles. The third-order valence-corrected chi connectivity index (χ3v) is 2.50. The summed E-state index contributed by atoms with van der Waals surface area (Å²) in [4.78, 5) is 4.10. The van der Waals surface area contributed by atoms with Crippen molar-refractivity contribution in [3.63, 3.8) is 0 Å². The first-order valence-corrected chi connectivity index (χ1v) is 5.17.